The van der Waals surface area contributed by atoms with E-state index < -0.39 is 0 Å². The van der Waals surface area contributed by atoms with Crippen molar-refractivity contribution in [1.29, 1.82) is 0 Å². The van der Waals surface area contributed by atoms with Gasteiger partial charge in [0, 0.05) is 10.9 Å². The van der Waals surface area contributed by atoms with E-state index in [1.54, 1.807) is 6.33 Å². The molecule has 0 bridgehead atoms. The average molecular weight is 238 g/mol. The van der Waals surface area contributed by atoms with Crippen LogP contribution < -0.4 is 5.32 Å². The number of nitrogens with zero attached hydrogens (tertiary/aromatic N) is 2. The Morgan fingerprint density at radius 3 is 2.44 bits per heavy atom. The van der Waals surface area contributed by atoms with E-state index in [1.807, 2.05) is 24.3 Å². The molecule has 0 atom stereocenters. The van der Waals surface area contributed by atoms with Crippen molar-refractivity contribution in [2.24, 2.45) is 0 Å². The lowest BCUT2D eigenvalue weighted by molar-refractivity contribution is 0.631. The Hall–Kier alpha value is -1.35. The summed E-state index contributed by atoms with van der Waals surface area (Å²) in [4.78, 5) is 8.49. The van der Waals surface area contributed by atoms with Crippen LogP contribution in [-0.2, 0) is 0 Å². The zero-order chi connectivity index (χ0) is 10.9. The fourth-order valence-corrected chi connectivity index (χ4v) is 1.46. The van der Waals surface area contributed by atoms with Crippen LogP contribution in [0.3, 0.4) is 0 Å². The maximum atomic E-state index is 4.27. The molecule has 1 aromatic carbocycles. The van der Waals surface area contributed by atoms with Crippen LogP contribution in [0.25, 0.3) is 10.9 Å². The molecular formula is C12H16ClN3. The monoisotopic (exact) mass is 237 g/mol. The lowest BCUT2D eigenvalue weighted by Crippen LogP contribution is -2.26. The van der Waals surface area contributed by atoms with E-state index in [0.717, 1.165) is 16.7 Å². The molecule has 0 unspecified atom stereocenters. The van der Waals surface area contributed by atoms with Crippen molar-refractivity contribution in [3.8, 4) is 0 Å². The number of para-hydroxylation sites is 1. The van der Waals surface area contributed by atoms with Crippen molar-refractivity contribution >= 4 is 29.1 Å². The van der Waals surface area contributed by atoms with E-state index in [2.05, 4.69) is 36.1 Å². The summed E-state index contributed by atoms with van der Waals surface area (Å²) in [5, 5.41) is 4.44. The molecule has 3 nitrogen and oxygen atoms in total. The smallest absolute Gasteiger partial charge is 0.137 e. The van der Waals surface area contributed by atoms with Crippen molar-refractivity contribution in [3.05, 3.63) is 30.6 Å². The number of fused-ring (bicyclic) bond motifs is 1. The van der Waals surface area contributed by atoms with Crippen molar-refractivity contribution in [2.45, 2.75) is 26.3 Å². The maximum Gasteiger partial charge on any atom is 0.137 e. The van der Waals surface area contributed by atoms with Gasteiger partial charge in [-0.3, -0.25) is 0 Å². The van der Waals surface area contributed by atoms with Crippen LogP contribution in [0, 0.1) is 0 Å². The van der Waals surface area contributed by atoms with Gasteiger partial charge in [0.1, 0.15) is 12.1 Å². The SMILES string of the molecule is CC(C)(C)Nc1ncnc2ccccc12.Cl. The van der Waals surface area contributed by atoms with Crippen LogP contribution in [0.2, 0.25) is 0 Å². The van der Waals surface area contributed by atoms with Crippen LogP contribution in [-0.4, -0.2) is 15.5 Å². The van der Waals surface area contributed by atoms with Crippen molar-refractivity contribution in [2.75, 3.05) is 5.32 Å². The average Bonchev–Trinajstić information content (AvgIpc) is 2.16. The number of benzene rings is 1. The fourth-order valence-electron chi connectivity index (χ4n) is 1.46. The van der Waals surface area contributed by atoms with Crippen LogP contribution in [0.4, 0.5) is 5.82 Å². The Morgan fingerprint density at radius 2 is 1.75 bits per heavy atom. The lowest BCUT2D eigenvalue weighted by atomic mass is 10.1. The molecule has 0 radical (unpaired) electrons. The predicted molar refractivity (Wildman–Crippen MR) is 70.2 cm³/mol. The Balaban J connectivity index is 0.00000128. The molecule has 0 saturated carbocycles. The van der Waals surface area contributed by atoms with Gasteiger partial charge in [-0.25, -0.2) is 9.97 Å². The summed E-state index contributed by atoms with van der Waals surface area (Å²) in [6, 6.07) is 8.00. The number of hydrogen-bond donors (Lipinski definition) is 1. The van der Waals surface area contributed by atoms with Crippen LogP contribution in [0.1, 0.15) is 20.8 Å². The van der Waals surface area contributed by atoms with Gasteiger partial charge >= 0.3 is 0 Å². The summed E-state index contributed by atoms with van der Waals surface area (Å²) < 4.78 is 0. The van der Waals surface area contributed by atoms with Crippen LogP contribution in [0.15, 0.2) is 30.6 Å². The molecule has 2 aromatic rings. The first-order valence-corrected chi connectivity index (χ1v) is 5.04. The summed E-state index contributed by atoms with van der Waals surface area (Å²) in [5.41, 5.74) is 0.983. The normalized spacial score (nSPS) is 10.9. The first-order valence-electron chi connectivity index (χ1n) is 5.04. The third kappa shape index (κ3) is 2.83. The fraction of sp³-hybridized carbons (Fsp3) is 0.333. The number of rotatable bonds is 1. The van der Waals surface area contributed by atoms with Gasteiger partial charge in [-0.1, -0.05) is 12.1 Å². The Bertz CT molecular complexity index is 472. The van der Waals surface area contributed by atoms with Gasteiger partial charge in [0.05, 0.1) is 5.52 Å². The van der Waals surface area contributed by atoms with E-state index in [4.69, 9.17) is 0 Å². The molecule has 1 N–H and O–H groups in total. The van der Waals surface area contributed by atoms with Gasteiger partial charge in [0.15, 0.2) is 0 Å². The molecule has 86 valence electrons. The highest BCUT2D eigenvalue weighted by molar-refractivity contribution is 5.88. The highest BCUT2D eigenvalue weighted by atomic mass is 35.5. The number of hydrogen-bond acceptors (Lipinski definition) is 3. The predicted octanol–water partition coefficient (Wildman–Crippen LogP) is 3.26. The maximum absolute atomic E-state index is 4.27. The van der Waals surface area contributed by atoms with Gasteiger partial charge in [0.2, 0.25) is 0 Å². The Kier molecular flexibility index (Phi) is 3.70. The highest BCUT2D eigenvalue weighted by Crippen LogP contribution is 2.21. The Labute approximate surface area is 102 Å². The largest absolute Gasteiger partial charge is 0.365 e. The molecule has 0 spiro atoms. The summed E-state index contributed by atoms with van der Waals surface area (Å²) in [6.45, 7) is 6.34. The summed E-state index contributed by atoms with van der Waals surface area (Å²) >= 11 is 0. The summed E-state index contributed by atoms with van der Waals surface area (Å²) in [7, 11) is 0. The lowest BCUT2D eigenvalue weighted by Gasteiger charge is -2.21. The third-order valence-electron chi connectivity index (χ3n) is 2.04. The molecule has 2 rings (SSSR count). The van der Waals surface area contributed by atoms with Crippen LogP contribution in [0.5, 0.6) is 0 Å². The topological polar surface area (TPSA) is 37.8 Å². The van der Waals surface area contributed by atoms with Crippen LogP contribution >= 0.6 is 12.4 Å². The highest BCUT2D eigenvalue weighted by Gasteiger charge is 2.12. The van der Waals surface area contributed by atoms with Crippen molar-refractivity contribution in [3.63, 3.8) is 0 Å². The first kappa shape index (κ1) is 12.7. The van der Waals surface area contributed by atoms with Gasteiger partial charge in [0.25, 0.3) is 0 Å². The first-order chi connectivity index (χ1) is 7.06. The molecule has 0 saturated heterocycles. The molecule has 0 aliphatic heterocycles. The molecular weight excluding hydrogens is 222 g/mol. The Morgan fingerprint density at radius 1 is 1.06 bits per heavy atom. The van der Waals surface area contributed by atoms with E-state index in [9.17, 15) is 0 Å². The number of halogens is 1. The second-order valence-corrected chi connectivity index (χ2v) is 4.61. The van der Waals surface area contributed by atoms with Crippen molar-refractivity contribution in [1.82, 2.24) is 9.97 Å². The minimum absolute atomic E-state index is 0. The quantitative estimate of drug-likeness (QED) is 0.827. The van der Waals surface area contributed by atoms with Gasteiger partial charge in [-0.15, -0.1) is 12.4 Å². The summed E-state index contributed by atoms with van der Waals surface area (Å²) in [5.74, 6) is 0.896. The van der Waals surface area contributed by atoms with E-state index >= 15 is 0 Å². The molecule has 1 aromatic heterocycles. The molecule has 0 amide bonds. The molecule has 0 fully saturated rings. The van der Waals surface area contributed by atoms with E-state index in [-0.39, 0.29) is 17.9 Å². The molecule has 4 heteroatoms. The zero-order valence-electron chi connectivity index (χ0n) is 9.69. The number of aromatic nitrogens is 2. The number of nitrogens with one attached hydrogen (secondary N) is 1. The molecule has 0 aliphatic carbocycles. The van der Waals surface area contributed by atoms with E-state index in [0.29, 0.717) is 0 Å². The minimum atomic E-state index is 0. The second kappa shape index (κ2) is 4.66. The summed E-state index contributed by atoms with van der Waals surface area (Å²) in [6.07, 6.45) is 1.59. The van der Waals surface area contributed by atoms with Gasteiger partial charge < -0.3 is 5.32 Å². The molecule has 0 aliphatic rings. The third-order valence-corrected chi connectivity index (χ3v) is 2.04. The standard InChI is InChI=1S/C12H15N3.ClH/c1-12(2,3)15-11-9-6-4-5-7-10(9)13-8-14-11;/h4-8H,1-3H3,(H,13,14,15);1H. The van der Waals surface area contributed by atoms with Gasteiger partial charge in [-0.05, 0) is 32.9 Å². The minimum Gasteiger partial charge on any atom is -0.365 e. The second-order valence-electron chi connectivity index (χ2n) is 4.61. The van der Waals surface area contributed by atoms with Crippen molar-refractivity contribution < 1.29 is 0 Å². The molecule has 1 heterocycles. The molecule has 16 heavy (non-hydrogen) atoms. The van der Waals surface area contributed by atoms with E-state index in [1.165, 1.54) is 0 Å². The zero-order valence-corrected chi connectivity index (χ0v) is 10.5. The number of anilines is 1. The van der Waals surface area contributed by atoms with Gasteiger partial charge in [-0.2, -0.15) is 0 Å².